The van der Waals surface area contributed by atoms with Crippen LogP contribution in [0.5, 0.6) is 23.0 Å². The van der Waals surface area contributed by atoms with Crippen LogP contribution in [0.15, 0.2) is 97.3 Å². The zero-order valence-corrected chi connectivity index (χ0v) is 32.8. The minimum absolute atomic E-state index is 0.348. The fourth-order valence-corrected chi connectivity index (χ4v) is 8.69. The van der Waals surface area contributed by atoms with Gasteiger partial charge >= 0.3 is 0 Å². The Morgan fingerprint density at radius 2 is 0.732 bits per heavy atom. The van der Waals surface area contributed by atoms with Crippen LogP contribution in [-0.2, 0) is 10.8 Å². The predicted octanol–water partition coefficient (Wildman–Crippen LogP) is 10.2. The molecule has 0 radical (unpaired) electrons. The van der Waals surface area contributed by atoms with Crippen molar-refractivity contribution in [3.05, 3.63) is 120 Å². The van der Waals surface area contributed by atoms with Crippen LogP contribution in [0.4, 0.5) is 45.5 Å². The molecule has 0 fully saturated rings. The number of hydrogen-bond donors (Lipinski definition) is 2. The maximum Gasteiger partial charge on any atom is 0.119 e. The molecule has 2 aliphatic rings. The molecule has 0 atom stereocenters. The van der Waals surface area contributed by atoms with Gasteiger partial charge in [0, 0.05) is 21.6 Å². The second kappa shape index (κ2) is 12.4. The monoisotopic (exact) mass is 744 g/mol. The Bertz CT molecular complexity index is 2460. The van der Waals surface area contributed by atoms with Crippen molar-refractivity contribution in [2.24, 2.45) is 0 Å². The van der Waals surface area contributed by atoms with E-state index < -0.39 is 0 Å². The molecule has 56 heavy (non-hydrogen) atoms. The normalized spacial score (nSPS) is 14.8. The highest BCUT2D eigenvalue weighted by atomic mass is 16.5. The molecule has 7 aromatic rings. The lowest BCUT2D eigenvalue weighted by Crippen LogP contribution is -2.30. The zero-order valence-electron chi connectivity index (χ0n) is 32.8. The summed E-state index contributed by atoms with van der Waals surface area (Å²) in [5.41, 5.74) is 25.7. The average Bonchev–Trinajstić information content (AvgIpc) is 3.22. The molecule has 9 rings (SSSR count). The molecule has 4 N–H and O–H groups in total. The average molecular weight is 745 g/mol. The third kappa shape index (κ3) is 4.94. The lowest BCUT2D eigenvalue weighted by Gasteiger charge is -2.42. The van der Waals surface area contributed by atoms with Gasteiger partial charge < -0.3 is 40.2 Å². The lowest BCUT2D eigenvalue weighted by atomic mass is 9.73. The minimum Gasteiger partial charge on any atom is -0.497 e. The molecule has 10 nitrogen and oxygen atoms in total. The van der Waals surface area contributed by atoms with Crippen LogP contribution in [-0.4, -0.2) is 38.4 Å². The van der Waals surface area contributed by atoms with Crippen LogP contribution in [0.2, 0.25) is 0 Å². The number of pyridine rings is 2. The number of nitrogens with zero attached hydrogens (tertiary/aromatic N) is 4. The van der Waals surface area contributed by atoms with Crippen LogP contribution in [0.3, 0.4) is 0 Å². The molecule has 0 saturated carbocycles. The first kappa shape index (κ1) is 35.0. The van der Waals surface area contributed by atoms with Gasteiger partial charge in [0.25, 0.3) is 0 Å². The van der Waals surface area contributed by atoms with Gasteiger partial charge in [-0.25, -0.2) is 0 Å². The number of fused-ring (bicyclic) bond motifs is 7. The number of anilines is 8. The van der Waals surface area contributed by atoms with Crippen LogP contribution in [0, 0.1) is 0 Å². The number of aromatic nitrogens is 2. The van der Waals surface area contributed by atoms with Gasteiger partial charge in [-0.2, -0.15) is 0 Å². The Hall–Kier alpha value is -6.68. The van der Waals surface area contributed by atoms with Crippen molar-refractivity contribution in [3.63, 3.8) is 0 Å². The number of nitrogens with two attached hydrogens (primary N) is 2. The summed E-state index contributed by atoms with van der Waals surface area (Å²) in [5.74, 6) is 3.14. The van der Waals surface area contributed by atoms with E-state index in [0.717, 1.165) is 90.1 Å². The van der Waals surface area contributed by atoms with Crippen LogP contribution in [0.1, 0.15) is 49.9 Å². The Labute approximate surface area is 326 Å². The second-order valence-corrected chi connectivity index (χ2v) is 15.5. The van der Waals surface area contributed by atoms with Gasteiger partial charge in [0.05, 0.1) is 97.4 Å². The first-order valence-electron chi connectivity index (χ1n) is 18.5. The van der Waals surface area contributed by atoms with E-state index in [1.54, 1.807) is 28.4 Å². The Morgan fingerprint density at radius 3 is 1.00 bits per heavy atom. The quantitative estimate of drug-likeness (QED) is 0.0967. The second-order valence-electron chi connectivity index (χ2n) is 15.5. The van der Waals surface area contributed by atoms with Gasteiger partial charge in [0.2, 0.25) is 0 Å². The summed E-state index contributed by atoms with van der Waals surface area (Å²) in [6, 6.07) is 28.9. The molecule has 282 valence electrons. The summed E-state index contributed by atoms with van der Waals surface area (Å²) in [6.45, 7) is 8.89. The van der Waals surface area contributed by atoms with Crippen molar-refractivity contribution in [2.45, 2.75) is 38.5 Å². The van der Waals surface area contributed by atoms with E-state index in [4.69, 9.17) is 40.4 Å². The standard InChI is InChI=1S/C46H44N6O4/c1-45(2)33-19-27(53-5)9-13-37(33)51(38-14-10-28(54-6)20-34(38)45)25-17-31-41(47)42(48)32-18-26(24-50-44(32)43(31)49-23-25)52-39-15-11-29(55-7)21-35(39)46(3,4)36-22-30(56-8)12-16-40(36)52/h9-24H,47-48H2,1-8H3. The Morgan fingerprint density at radius 1 is 0.446 bits per heavy atom. The van der Waals surface area contributed by atoms with Crippen molar-refractivity contribution in [2.75, 3.05) is 49.7 Å². The molecule has 0 saturated heterocycles. The molecule has 4 heterocycles. The third-order valence-electron chi connectivity index (χ3n) is 11.8. The highest BCUT2D eigenvalue weighted by Gasteiger charge is 2.39. The van der Waals surface area contributed by atoms with E-state index in [1.807, 2.05) is 36.7 Å². The number of nitrogen functional groups attached to an aromatic ring is 2. The predicted molar refractivity (Wildman–Crippen MR) is 226 cm³/mol. The van der Waals surface area contributed by atoms with E-state index in [9.17, 15) is 0 Å². The molecule has 0 aliphatic carbocycles. The summed E-state index contributed by atoms with van der Waals surface area (Å²) in [6.07, 6.45) is 3.76. The van der Waals surface area contributed by atoms with Crippen LogP contribution < -0.4 is 40.2 Å². The number of ether oxygens (including phenoxy) is 4. The first-order chi connectivity index (χ1) is 26.9. The zero-order chi connectivity index (χ0) is 39.3. The van der Waals surface area contributed by atoms with Gasteiger partial charge in [-0.1, -0.05) is 27.7 Å². The van der Waals surface area contributed by atoms with E-state index in [1.165, 1.54) is 0 Å². The summed E-state index contributed by atoms with van der Waals surface area (Å²) in [7, 11) is 6.75. The SMILES string of the molecule is COc1ccc2c(c1)C(C)(C)c1cc(OC)ccc1N2c1cnc2c(c1)c(N)c(N)c1cc(N3c4ccc(OC)cc4C(C)(C)c4cc(OC)ccc43)cnc12. The molecule has 10 heteroatoms. The maximum absolute atomic E-state index is 6.99. The van der Waals surface area contributed by atoms with E-state index in [-0.39, 0.29) is 10.8 Å². The molecule has 2 aromatic heterocycles. The number of hydrogen-bond acceptors (Lipinski definition) is 10. The number of rotatable bonds is 6. The van der Waals surface area contributed by atoms with Gasteiger partial charge in [-0.15, -0.1) is 0 Å². The number of methoxy groups -OCH3 is 4. The van der Waals surface area contributed by atoms with E-state index >= 15 is 0 Å². The summed E-state index contributed by atoms with van der Waals surface area (Å²) in [5, 5.41) is 1.44. The molecule has 5 aromatic carbocycles. The van der Waals surface area contributed by atoms with E-state index in [2.05, 4.69) is 98.2 Å². The molecule has 2 aliphatic heterocycles. The highest BCUT2D eigenvalue weighted by Crippen LogP contribution is 2.56. The smallest absolute Gasteiger partial charge is 0.119 e. The molecule has 0 spiro atoms. The van der Waals surface area contributed by atoms with Gasteiger partial charge in [0.1, 0.15) is 23.0 Å². The van der Waals surface area contributed by atoms with E-state index in [0.29, 0.717) is 22.4 Å². The highest BCUT2D eigenvalue weighted by molar-refractivity contribution is 6.17. The molecular weight excluding hydrogens is 701 g/mol. The van der Waals surface area contributed by atoms with Gasteiger partial charge in [-0.05, 0) is 107 Å². The molecule has 0 amide bonds. The Balaban J connectivity index is 1.22. The lowest BCUT2D eigenvalue weighted by molar-refractivity contribution is 0.411. The maximum atomic E-state index is 6.99. The van der Waals surface area contributed by atoms with Gasteiger partial charge in [-0.3, -0.25) is 9.97 Å². The molecular formula is C46H44N6O4. The summed E-state index contributed by atoms with van der Waals surface area (Å²) in [4.78, 5) is 14.6. The topological polar surface area (TPSA) is 121 Å². The van der Waals surface area contributed by atoms with Crippen molar-refractivity contribution in [1.29, 1.82) is 0 Å². The van der Waals surface area contributed by atoms with Gasteiger partial charge in [0.15, 0.2) is 0 Å². The van der Waals surface area contributed by atoms with Crippen molar-refractivity contribution in [3.8, 4) is 23.0 Å². The Kier molecular flexibility index (Phi) is 7.78. The summed E-state index contributed by atoms with van der Waals surface area (Å²) < 4.78 is 22.7. The third-order valence-corrected chi connectivity index (χ3v) is 11.8. The first-order valence-corrected chi connectivity index (χ1v) is 18.5. The molecule has 0 bridgehead atoms. The molecule has 0 unspecified atom stereocenters. The summed E-state index contributed by atoms with van der Waals surface area (Å²) >= 11 is 0. The van der Waals surface area contributed by atoms with Crippen molar-refractivity contribution >= 4 is 67.3 Å². The fraction of sp³-hybridized carbons (Fsp3) is 0.217. The van der Waals surface area contributed by atoms with Crippen molar-refractivity contribution < 1.29 is 18.9 Å². The van der Waals surface area contributed by atoms with Crippen LogP contribution in [0.25, 0.3) is 21.8 Å². The van der Waals surface area contributed by atoms with Crippen LogP contribution >= 0.6 is 0 Å². The fourth-order valence-electron chi connectivity index (χ4n) is 8.69. The number of benzene rings is 5. The van der Waals surface area contributed by atoms with Crippen molar-refractivity contribution in [1.82, 2.24) is 9.97 Å². The largest absolute Gasteiger partial charge is 0.497 e. The minimum atomic E-state index is -0.348.